The van der Waals surface area contributed by atoms with E-state index in [1.54, 1.807) is 4.57 Å². The lowest BCUT2D eigenvalue weighted by Gasteiger charge is -2.10. The number of fused-ring (bicyclic) bond motifs is 3. The average molecular weight is 458 g/mol. The molecule has 3 aromatic carbocycles. The van der Waals surface area contributed by atoms with Gasteiger partial charge in [0.25, 0.3) is 5.56 Å². The number of anilines is 1. The van der Waals surface area contributed by atoms with Crippen LogP contribution in [0, 0.1) is 18.6 Å². The fourth-order valence-electron chi connectivity index (χ4n) is 4.10. The van der Waals surface area contributed by atoms with Crippen molar-refractivity contribution < 1.29 is 13.6 Å². The first-order valence-electron chi connectivity index (χ1n) is 10.7. The van der Waals surface area contributed by atoms with Gasteiger partial charge in [0.15, 0.2) is 0 Å². The van der Waals surface area contributed by atoms with Gasteiger partial charge in [0.05, 0.1) is 24.1 Å². The fourth-order valence-corrected chi connectivity index (χ4v) is 4.10. The highest BCUT2D eigenvalue weighted by Gasteiger charge is 2.19. The summed E-state index contributed by atoms with van der Waals surface area (Å²) in [5.74, 6) is -2.02. The summed E-state index contributed by atoms with van der Waals surface area (Å²) >= 11 is 0. The van der Waals surface area contributed by atoms with E-state index in [1.165, 1.54) is 10.9 Å². The number of benzene rings is 3. The summed E-state index contributed by atoms with van der Waals surface area (Å²) in [5.41, 5.74) is 2.76. The molecule has 1 N–H and O–H groups in total. The molecule has 0 atom stereocenters. The number of carbonyl (C=O) groups is 1. The molecule has 0 unspecified atom stereocenters. The maximum Gasteiger partial charge on any atom is 0.278 e. The molecule has 170 valence electrons. The molecule has 0 aliphatic heterocycles. The topological polar surface area (TPSA) is 68.9 Å². The molecule has 0 saturated carbocycles. The number of halogens is 2. The van der Waals surface area contributed by atoms with Crippen molar-refractivity contribution in [3.8, 4) is 0 Å². The van der Waals surface area contributed by atoms with Gasteiger partial charge in [0, 0.05) is 11.5 Å². The minimum Gasteiger partial charge on any atom is -0.325 e. The number of aryl methyl sites for hydroxylation is 1. The van der Waals surface area contributed by atoms with Crippen molar-refractivity contribution in [3.05, 3.63) is 106 Å². The number of carbonyl (C=O) groups excluding carboxylic acids is 1. The molecule has 5 rings (SSSR count). The first-order chi connectivity index (χ1) is 16.4. The van der Waals surface area contributed by atoms with Crippen LogP contribution in [0.1, 0.15) is 11.1 Å². The van der Waals surface area contributed by atoms with Crippen LogP contribution in [0.25, 0.3) is 21.9 Å². The van der Waals surface area contributed by atoms with Crippen LogP contribution in [0.4, 0.5) is 14.5 Å². The van der Waals surface area contributed by atoms with E-state index in [0.29, 0.717) is 17.6 Å². The first kappa shape index (κ1) is 21.5. The average Bonchev–Trinajstić information content (AvgIpc) is 3.12. The zero-order chi connectivity index (χ0) is 23.8. The van der Waals surface area contributed by atoms with E-state index in [0.717, 1.165) is 34.7 Å². The smallest absolute Gasteiger partial charge is 0.278 e. The molecule has 2 aromatic heterocycles. The fraction of sp³-hybridized carbons (Fsp3) is 0.115. The number of hydrogen-bond acceptors (Lipinski definition) is 3. The van der Waals surface area contributed by atoms with E-state index in [1.807, 2.05) is 55.5 Å². The Balaban J connectivity index is 1.61. The van der Waals surface area contributed by atoms with Gasteiger partial charge in [-0.1, -0.05) is 42.0 Å². The number of aromatic nitrogens is 3. The van der Waals surface area contributed by atoms with Crippen LogP contribution in [0.5, 0.6) is 0 Å². The molecule has 0 fully saturated rings. The molecule has 0 saturated heterocycles. The van der Waals surface area contributed by atoms with Crippen LogP contribution in [-0.4, -0.2) is 20.0 Å². The summed E-state index contributed by atoms with van der Waals surface area (Å²) in [6.45, 7) is 1.98. The molecule has 8 heteroatoms. The predicted molar refractivity (Wildman–Crippen MR) is 127 cm³/mol. The zero-order valence-electron chi connectivity index (χ0n) is 18.3. The van der Waals surface area contributed by atoms with Crippen molar-refractivity contribution in [2.75, 3.05) is 5.32 Å². The second-order valence-corrected chi connectivity index (χ2v) is 8.14. The minimum absolute atomic E-state index is 0.263. The summed E-state index contributed by atoms with van der Waals surface area (Å²) in [7, 11) is 0. The highest BCUT2D eigenvalue weighted by molar-refractivity contribution is 6.06. The van der Waals surface area contributed by atoms with Gasteiger partial charge in [0.2, 0.25) is 5.91 Å². The lowest BCUT2D eigenvalue weighted by atomic mass is 10.1. The Morgan fingerprint density at radius 1 is 1.03 bits per heavy atom. The molecule has 34 heavy (non-hydrogen) atoms. The molecular formula is C26H20F2N4O2. The predicted octanol–water partition coefficient (Wildman–Crippen LogP) is 4.62. The summed E-state index contributed by atoms with van der Waals surface area (Å²) < 4.78 is 30.6. The summed E-state index contributed by atoms with van der Waals surface area (Å²) in [4.78, 5) is 30.9. The molecule has 0 radical (unpaired) electrons. The normalized spacial score (nSPS) is 11.3. The van der Waals surface area contributed by atoms with Gasteiger partial charge >= 0.3 is 0 Å². The van der Waals surface area contributed by atoms with Gasteiger partial charge in [-0.15, -0.1) is 0 Å². The number of nitrogens with zero attached hydrogens (tertiary/aromatic N) is 3. The van der Waals surface area contributed by atoms with Gasteiger partial charge in [-0.3, -0.25) is 14.2 Å². The van der Waals surface area contributed by atoms with Crippen molar-refractivity contribution in [3.63, 3.8) is 0 Å². The van der Waals surface area contributed by atoms with E-state index in [9.17, 15) is 18.4 Å². The Kier molecular flexibility index (Phi) is 5.41. The van der Waals surface area contributed by atoms with Gasteiger partial charge in [-0.05, 0) is 36.8 Å². The number of hydrogen-bond donors (Lipinski definition) is 1. The van der Waals surface area contributed by atoms with Gasteiger partial charge in [0.1, 0.15) is 29.2 Å². The third-order valence-corrected chi connectivity index (χ3v) is 5.68. The lowest BCUT2D eigenvalue weighted by Crippen LogP contribution is -2.25. The zero-order valence-corrected chi connectivity index (χ0v) is 18.3. The highest BCUT2D eigenvalue weighted by atomic mass is 19.1. The van der Waals surface area contributed by atoms with E-state index in [2.05, 4.69) is 10.3 Å². The maximum atomic E-state index is 14.0. The second kappa shape index (κ2) is 8.55. The largest absolute Gasteiger partial charge is 0.325 e. The van der Waals surface area contributed by atoms with Gasteiger partial charge in [-0.25, -0.2) is 13.8 Å². The molecule has 0 spiro atoms. The third kappa shape index (κ3) is 3.94. The molecule has 0 bridgehead atoms. The molecule has 6 nitrogen and oxygen atoms in total. The van der Waals surface area contributed by atoms with Crippen molar-refractivity contribution in [2.45, 2.75) is 20.0 Å². The molecule has 1 amide bonds. The Hall–Kier alpha value is -4.33. The van der Waals surface area contributed by atoms with E-state index in [4.69, 9.17) is 0 Å². The summed E-state index contributed by atoms with van der Waals surface area (Å²) in [6, 6.07) is 17.9. The molecule has 5 aromatic rings. The SMILES string of the molecule is Cc1ccc2c(c1)c1ncn(Cc3ccccc3)c(=O)c1n2CC(=O)Nc1cc(F)ccc1F. The number of rotatable bonds is 5. The Labute approximate surface area is 193 Å². The lowest BCUT2D eigenvalue weighted by molar-refractivity contribution is -0.116. The maximum absolute atomic E-state index is 14.0. The summed E-state index contributed by atoms with van der Waals surface area (Å²) in [5, 5.41) is 3.14. The van der Waals surface area contributed by atoms with Crippen molar-refractivity contribution in [1.82, 2.24) is 14.1 Å². The second-order valence-electron chi connectivity index (χ2n) is 8.14. The summed E-state index contributed by atoms with van der Waals surface area (Å²) in [6.07, 6.45) is 1.51. The minimum atomic E-state index is -0.750. The van der Waals surface area contributed by atoms with Crippen LogP contribution < -0.4 is 10.9 Å². The van der Waals surface area contributed by atoms with Crippen LogP contribution in [0.15, 0.2) is 77.9 Å². The van der Waals surface area contributed by atoms with E-state index in [-0.39, 0.29) is 23.3 Å². The van der Waals surface area contributed by atoms with Crippen LogP contribution in [0.2, 0.25) is 0 Å². The molecular weight excluding hydrogens is 438 g/mol. The van der Waals surface area contributed by atoms with Crippen LogP contribution in [0.3, 0.4) is 0 Å². The first-order valence-corrected chi connectivity index (χ1v) is 10.7. The van der Waals surface area contributed by atoms with Crippen molar-refractivity contribution in [2.24, 2.45) is 0 Å². The third-order valence-electron chi connectivity index (χ3n) is 5.68. The quantitative estimate of drug-likeness (QED) is 0.418. The van der Waals surface area contributed by atoms with Gasteiger partial charge in [-0.2, -0.15) is 0 Å². The van der Waals surface area contributed by atoms with Crippen molar-refractivity contribution in [1.29, 1.82) is 0 Å². The van der Waals surface area contributed by atoms with Gasteiger partial charge < -0.3 is 9.88 Å². The van der Waals surface area contributed by atoms with Crippen molar-refractivity contribution >= 4 is 33.5 Å². The monoisotopic (exact) mass is 458 g/mol. The molecule has 2 heterocycles. The van der Waals surface area contributed by atoms with Crippen LogP contribution in [-0.2, 0) is 17.9 Å². The van der Waals surface area contributed by atoms with E-state index < -0.39 is 17.5 Å². The van der Waals surface area contributed by atoms with Crippen LogP contribution >= 0.6 is 0 Å². The Morgan fingerprint density at radius 2 is 1.82 bits per heavy atom. The van der Waals surface area contributed by atoms with E-state index >= 15 is 0 Å². The Morgan fingerprint density at radius 3 is 2.62 bits per heavy atom. The molecule has 0 aliphatic rings. The number of nitrogens with one attached hydrogen (secondary N) is 1. The Bertz CT molecular complexity index is 1610. The molecule has 0 aliphatic carbocycles. The standard InChI is InChI=1S/C26H20F2N4O2/c1-16-7-10-22-19(11-16)24-25(26(34)31(15-29-24)13-17-5-3-2-4-6-17)32(22)14-23(33)30-21-12-18(27)8-9-20(21)28/h2-12,15H,13-14H2,1H3,(H,30,33). The highest BCUT2D eigenvalue weighted by Crippen LogP contribution is 2.27. The number of amides is 1.